The van der Waals surface area contributed by atoms with Gasteiger partial charge in [0, 0.05) is 35.7 Å². The molecule has 1 saturated heterocycles. The van der Waals surface area contributed by atoms with Crippen molar-refractivity contribution in [1.29, 1.82) is 0 Å². The first-order valence-electron chi connectivity index (χ1n) is 9.05. The summed E-state index contributed by atoms with van der Waals surface area (Å²) < 4.78 is 45.7. The first-order valence-corrected chi connectivity index (χ1v) is 9.84. The van der Waals surface area contributed by atoms with Crippen LogP contribution in [-0.2, 0) is 17.5 Å². The van der Waals surface area contributed by atoms with E-state index >= 15 is 0 Å². The number of alkyl halides is 3. The largest absolute Gasteiger partial charge is 0.444 e. The van der Waals surface area contributed by atoms with Gasteiger partial charge in [0.1, 0.15) is 5.60 Å². The number of piperidine rings is 1. The Morgan fingerprint density at radius 2 is 1.79 bits per heavy atom. The van der Waals surface area contributed by atoms with Crippen LogP contribution in [0.3, 0.4) is 0 Å². The molecule has 154 valence electrons. The zero-order valence-corrected chi connectivity index (χ0v) is 17.5. The molecule has 0 radical (unpaired) electrons. The fourth-order valence-corrected chi connectivity index (χ4v) is 4.09. The Labute approximate surface area is 169 Å². The Hall–Kier alpha value is -1.77. The van der Waals surface area contributed by atoms with Gasteiger partial charge in [-0.2, -0.15) is 13.2 Å². The highest BCUT2D eigenvalue weighted by molar-refractivity contribution is 9.10. The van der Waals surface area contributed by atoms with Crippen LogP contribution in [0.25, 0.3) is 0 Å². The molecule has 2 aliphatic heterocycles. The molecule has 0 aliphatic carbocycles. The number of fused-ring (bicyclic) bond motifs is 1. The van der Waals surface area contributed by atoms with E-state index in [1.54, 1.807) is 25.7 Å². The maximum absolute atomic E-state index is 13.4. The van der Waals surface area contributed by atoms with Crippen LogP contribution in [0.4, 0.5) is 18.0 Å². The highest BCUT2D eigenvalue weighted by Crippen LogP contribution is 2.40. The number of benzene rings is 1. The quantitative estimate of drug-likeness (QED) is 0.600. The van der Waals surface area contributed by atoms with Crippen molar-refractivity contribution in [3.63, 3.8) is 0 Å². The third-order valence-corrected chi connectivity index (χ3v) is 5.35. The lowest BCUT2D eigenvalue weighted by Gasteiger charge is -2.37. The minimum Gasteiger partial charge on any atom is -0.444 e. The summed E-state index contributed by atoms with van der Waals surface area (Å²) in [5, 5.41) is 0. The van der Waals surface area contributed by atoms with Crippen LogP contribution in [-0.4, -0.2) is 46.5 Å². The number of nitrogens with zero attached hydrogens (tertiary/aromatic N) is 2. The summed E-state index contributed by atoms with van der Waals surface area (Å²) in [4.78, 5) is 28.0. The van der Waals surface area contributed by atoms with Gasteiger partial charge in [-0.3, -0.25) is 4.79 Å². The monoisotopic (exact) mass is 462 g/mol. The van der Waals surface area contributed by atoms with E-state index in [2.05, 4.69) is 15.9 Å². The number of carbonyl (C=O) groups is 2. The van der Waals surface area contributed by atoms with Gasteiger partial charge in [-0.1, -0.05) is 15.9 Å². The topological polar surface area (TPSA) is 49.9 Å². The normalized spacial score (nSPS) is 18.5. The lowest BCUT2D eigenvalue weighted by molar-refractivity contribution is -0.138. The molecule has 2 aliphatic rings. The van der Waals surface area contributed by atoms with Crippen LogP contribution >= 0.6 is 15.9 Å². The third kappa shape index (κ3) is 4.29. The molecule has 0 unspecified atom stereocenters. The van der Waals surface area contributed by atoms with Crippen molar-refractivity contribution in [3.05, 3.63) is 33.3 Å². The number of halogens is 4. The summed E-state index contributed by atoms with van der Waals surface area (Å²) in [6.45, 7) is 6.09. The number of hydrogen-bond donors (Lipinski definition) is 0. The third-order valence-electron chi connectivity index (χ3n) is 4.90. The van der Waals surface area contributed by atoms with Crippen molar-refractivity contribution >= 4 is 27.9 Å². The molecular weight excluding hydrogens is 441 g/mol. The van der Waals surface area contributed by atoms with Crippen LogP contribution in [0.2, 0.25) is 0 Å². The van der Waals surface area contributed by atoms with Gasteiger partial charge >= 0.3 is 12.3 Å². The molecule has 0 saturated carbocycles. The van der Waals surface area contributed by atoms with Crippen LogP contribution in [0.15, 0.2) is 16.6 Å². The first-order chi connectivity index (χ1) is 12.9. The van der Waals surface area contributed by atoms with E-state index in [1.807, 2.05) is 0 Å². The molecule has 0 bridgehead atoms. The molecule has 2 heterocycles. The standard InChI is InChI=1S/C19H22BrF3N2O3/c1-18(2,3)28-17(27)24-6-4-12(5-7-24)25-10-14-13(16(25)26)8-11(20)9-15(14)19(21,22)23/h8-9,12H,4-7,10H2,1-3H3. The predicted molar refractivity (Wildman–Crippen MR) is 99.8 cm³/mol. The molecule has 0 atom stereocenters. The fraction of sp³-hybridized carbons (Fsp3) is 0.579. The van der Waals surface area contributed by atoms with Gasteiger partial charge in [-0.05, 0) is 51.3 Å². The number of likely N-dealkylation sites (tertiary alicyclic amines) is 1. The highest BCUT2D eigenvalue weighted by Gasteiger charge is 2.42. The summed E-state index contributed by atoms with van der Waals surface area (Å²) in [5.41, 5.74) is -1.26. The number of carbonyl (C=O) groups excluding carboxylic acids is 2. The van der Waals surface area contributed by atoms with Crippen LogP contribution in [0.1, 0.15) is 55.1 Å². The molecule has 2 amide bonds. The SMILES string of the molecule is CC(C)(C)OC(=O)N1CCC(N2Cc3c(cc(Br)cc3C(F)(F)F)C2=O)CC1. The highest BCUT2D eigenvalue weighted by atomic mass is 79.9. The molecule has 5 nitrogen and oxygen atoms in total. The van der Waals surface area contributed by atoms with E-state index < -0.39 is 29.3 Å². The molecule has 1 fully saturated rings. The second kappa shape index (κ2) is 7.24. The van der Waals surface area contributed by atoms with Crippen molar-refractivity contribution in [2.45, 2.75) is 58.0 Å². The van der Waals surface area contributed by atoms with Crippen molar-refractivity contribution < 1.29 is 27.5 Å². The van der Waals surface area contributed by atoms with E-state index in [9.17, 15) is 22.8 Å². The molecule has 3 rings (SSSR count). The Morgan fingerprint density at radius 1 is 1.18 bits per heavy atom. The minimum atomic E-state index is -4.52. The Morgan fingerprint density at radius 3 is 2.32 bits per heavy atom. The molecule has 0 N–H and O–H groups in total. The van der Waals surface area contributed by atoms with E-state index in [-0.39, 0.29) is 28.2 Å². The smallest absolute Gasteiger partial charge is 0.416 e. The number of amides is 2. The minimum absolute atomic E-state index is 0.0234. The van der Waals surface area contributed by atoms with Gasteiger partial charge in [-0.15, -0.1) is 0 Å². The maximum atomic E-state index is 13.4. The molecule has 28 heavy (non-hydrogen) atoms. The molecule has 0 spiro atoms. The van der Waals surface area contributed by atoms with Crippen molar-refractivity contribution in [2.75, 3.05) is 13.1 Å². The van der Waals surface area contributed by atoms with Crippen LogP contribution < -0.4 is 0 Å². The van der Waals surface area contributed by atoms with Crippen molar-refractivity contribution in [3.8, 4) is 0 Å². The van der Waals surface area contributed by atoms with Crippen molar-refractivity contribution in [1.82, 2.24) is 9.80 Å². The van der Waals surface area contributed by atoms with Gasteiger partial charge in [0.25, 0.3) is 5.91 Å². The van der Waals surface area contributed by atoms with Gasteiger partial charge in [0.15, 0.2) is 0 Å². The summed E-state index contributed by atoms with van der Waals surface area (Å²) in [6.07, 6.45) is -3.93. The van der Waals surface area contributed by atoms with Crippen LogP contribution in [0, 0.1) is 0 Å². The zero-order valence-electron chi connectivity index (χ0n) is 15.9. The second-order valence-corrected chi connectivity index (χ2v) is 9.02. The Bertz CT molecular complexity index is 797. The molecule has 1 aromatic carbocycles. The average Bonchev–Trinajstić information content (AvgIpc) is 2.89. The molecule has 0 aromatic heterocycles. The predicted octanol–water partition coefficient (Wildman–Crippen LogP) is 4.82. The summed E-state index contributed by atoms with van der Waals surface area (Å²) in [6, 6.07) is 2.25. The van der Waals surface area contributed by atoms with E-state index in [0.29, 0.717) is 25.9 Å². The summed E-state index contributed by atoms with van der Waals surface area (Å²) >= 11 is 3.07. The second-order valence-electron chi connectivity index (χ2n) is 8.11. The maximum Gasteiger partial charge on any atom is 0.416 e. The number of rotatable bonds is 1. The number of hydrogen-bond acceptors (Lipinski definition) is 3. The van der Waals surface area contributed by atoms with Gasteiger partial charge in [0.05, 0.1) is 5.56 Å². The van der Waals surface area contributed by atoms with E-state index in [1.165, 1.54) is 11.0 Å². The van der Waals surface area contributed by atoms with Crippen LogP contribution in [0.5, 0.6) is 0 Å². The lowest BCUT2D eigenvalue weighted by Crippen LogP contribution is -2.48. The summed E-state index contributed by atoms with van der Waals surface area (Å²) in [7, 11) is 0. The van der Waals surface area contributed by atoms with Gasteiger partial charge in [0.2, 0.25) is 0 Å². The van der Waals surface area contributed by atoms with E-state index in [4.69, 9.17) is 4.74 Å². The molecular formula is C19H22BrF3N2O3. The molecule has 1 aromatic rings. The Kier molecular flexibility index (Phi) is 5.42. The molecule has 9 heteroatoms. The van der Waals surface area contributed by atoms with Gasteiger partial charge < -0.3 is 14.5 Å². The van der Waals surface area contributed by atoms with Gasteiger partial charge in [-0.25, -0.2) is 4.79 Å². The van der Waals surface area contributed by atoms with Crippen molar-refractivity contribution in [2.24, 2.45) is 0 Å². The summed E-state index contributed by atoms with van der Waals surface area (Å²) in [5.74, 6) is -0.391. The first kappa shape index (κ1) is 21.0. The fourth-order valence-electron chi connectivity index (χ4n) is 3.63. The average molecular weight is 463 g/mol. The zero-order chi connectivity index (χ0) is 20.9. The Balaban J connectivity index is 1.72. The van der Waals surface area contributed by atoms with E-state index in [0.717, 1.165) is 6.07 Å². The number of ether oxygens (including phenoxy) is 1. The lowest BCUT2D eigenvalue weighted by atomic mass is 10.0.